The molecule has 3 rings (SSSR count). The summed E-state index contributed by atoms with van der Waals surface area (Å²) in [5.74, 6) is 0.692. The van der Waals surface area contributed by atoms with Crippen LogP contribution in [0.2, 0.25) is 0 Å². The van der Waals surface area contributed by atoms with Crippen LogP contribution in [0, 0.1) is 5.92 Å². The second kappa shape index (κ2) is 9.89. The number of carbonyl (C=O) groups excluding carboxylic acids is 1. The molecule has 1 aromatic carbocycles. The summed E-state index contributed by atoms with van der Waals surface area (Å²) in [5, 5.41) is 0. The number of urea groups is 1. The first-order valence-electron chi connectivity index (χ1n) is 10.9. The number of hydrogen-bond acceptors (Lipinski definition) is 2. The Morgan fingerprint density at radius 1 is 0.906 bits per heavy atom. The van der Waals surface area contributed by atoms with Gasteiger partial charge in [0.15, 0.2) is 0 Å². The molecule has 0 N–H and O–H groups in total. The molecular formula is C22H29F6N3O. The molecule has 1 saturated heterocycles. The van der Waals surface area contributed by atoms with Crippen LogP contribution in [-0.2, 0) is 18.9 Å². The highest BCUT2D eigenvalue weighted by molar-refractivity contribution is 5.74. The number of piperazine rings is 1. The molecular weight excluding hydrogens is 436 g/mol. The van der Waals surface area contributed by atoms with Crippen LogP contribution in [0.1, 0.15) is 48.8 Å². The number of carbonyl (C=O) groups is 1. The molecule has 2 amide bonds. The van der Waals surface area contributed by atoms with Crippen LogP contribution in [-0.4, -0.2) is 60.5 Å². The van der Waals surface area contributed by atoms with Gasteiger partial charge in [-0.1, -0.05) is 19.3 Å². The highest BCUT2D eigenvalue weighted by atomic mass is 19.4. The highest BCUT2D eigenvalue weighted by Crippen LogP contribution is 2.36. The number of halogens is 6. The summed E-state index contributed by atoms with van der Waals surface area (Å²) in [4.78, 5) is 17.9. The lowest BCUT2D eigenvalue weighted by Gasteiger charge is -2.38. The van der Waals surface area contributed by atoms with Crippen LogP contribution >= 0.6 is 0 Å². The van der Waals surface area contributed by atoms with Gasteiger partial charge in [0.05, 0.1) is 11.1 Å². The average molecular weight is 465 g/mol. The quantitative estimate of drug-likeness (QED) is 0.551. The smallest absolute Gasteiger partial charge is 0.323 e. The highest BCUT2D eigenvalue weighted by Gasteiger charge is 2.37. The van der Waals surface area contributed by atoms with E-state index in [1.165, 1.54) is 44.1 Å². The van der Waals surface area contributed by atoms with Crippen LogP contribution in [0.15, 0.2) is 18.2 Å². The minimum Gasteiger partial charge on any atom is -0.323 e. The predicted octanol–water partition coefficient (Wildman–Crippen LogP) is 5.47. The molecule has 1 aliphatic carbocycles. The Bertz CT molecular complexity index is 749. The minimum atomic E-state index is -4.91. The Hall–Kier alpha value is -1.97. The number of rotatable bonds is 4. The van der Waals surface area contributed by atoms with E-state index in [-0.39, 0.29) is 18.2 Å². The first kappa shape index (κ1) is 24.7. The third kappa shape index (κ3) is 6.52. The maximum Gasteiger partial charge on any atom is 0.416 e. The first-order valence-corrected chi connectivity index (χ1v) is 10.9. The van der Waals surface area contributed by atoms with E-state index in [4.69, 9.17) is 0 Å². The van der Waals surface area contributed by atoms with Crippen LogP contribution in [0.3, 0.4) is 0 Å². The number of amides is 2. The van der Waals surface area contributed by atoms with Crippen molar-refractivity contribution in [2.75, 3.05) is 39.8 Å². The minimum absolute atomic E-state index is 0.0941. The number of alkyl halides is 6. The monoisotopic (exact) mass is 465 g/mol. The lowest BCUT2D eigenvalue weighted by Crippen LogP contribution is -2.52. The van der Waals surface area contributed by atoms with E-state index in [1.807, 2.05) is 0 Å². The molecule has 2 aliphatic rings. The molecule has 0 spiro atoms. The third-order valence-electron chi connectivity index (χ3n) is 6.28. The Morgan fingerprint density at radius 3 is 1.94 bits per heavy atom. The SMILES string of the molecule is CN(Cc1cc(C(F)(F)F)cc(C(F)(F)F)c1)C(=O)N1CCN(CC2CCCCC2)CC1. The first-order chi connectivity index (χ1) is 14.9. The van der Waals surface area contributed by atoms with Crippen LogP contribution in [0.4, 0.5) is 31.1 Å². The van der Waals surface area contributed by atoms with Crippen molar-refractivity contribution < 1.29 is 31.1 Å². The summed E-state index contributed by atoms with van der Waals surface area (Å²) >= 11 is 0. The fourth-order valence-corrected chi connectivity index (χ4v) is 4.55. The molecule has 32 heavy (non-hydrogen) atoms. The largest absolute Gasteiger partial charge is 0.416 e. The zero-order valence-electron chi connectivity index (χ0n) is 18.1. The van der Waals surface area contributed by atoms with Gasteiger partial charge >= 0.3 is 18.4 Å². The third-order valence-corrected chi connectivity index (χ3v) is 6.28. The van der Waals surface area contributed by atoms with Gasteiger partial charge < -0.3 is 9.80 Å². The van der Waals surface area contributed by atoms with Gasteiger partial charge in [-0.15, -0.1) is 0 Å². The van der Waals surface area contributed by atoms with E-state index in [9.17, 15) is 31.1 Å². The molecule has 0 radical (unpaired) electrons. The summed E-state index contributed by atoms with van der Waals surface area (Å²) in [6.07, 6.45) is -3.53. The van der Waals surface area contributed by atoms with Crippen molar-refractivity contribution in [1.29, 1.82) is 0 Å². The lowest BCUT2D eigenvalue weighted by atomic mass is 9.89. The fraction of sp³-hybridized carbons (Fsp3) is 0.682. The lowest BCUT2D eigenvalue weighted by molar-refractivity contribution is -0.143. The van der Waals surface area contributed by atoms with Crippen molar-refractivity contribution in [2.24, 2.45) is 5.92 Å². The molecule has 0 bridgehead atoms. The van der Waals surface area contributed by atoms with Gasteiger partial charge in [0.1, 0.15) is 0 Å². The summed E-state index contributed by atoms with van der Waals surface area (Å²) < 4.78 is 78.4. The molecule has 1 aromatic rings. The topological polar surface area (TPSA) is 26.8 Å². The van der Waals surface area contributed by atoms with Crippen LogP contribution in [0.5, 0.6) is 0 Å². The van der Waals surface area contributed by atoms with Crippen LogP contribution < -0.4 is 0 Å². The maximum absolute atomic E-state index is 13.1. The molecule has 1 saturated carbocycles. The molecule has 180 valence electrons. The van der Waals surface area contributed by atoms with Gasteiger partial charge in [0.2, 0.25) is 0 Å². The van der Waals surface area contributed by atoms with E-state index >= 15 is 0 Å². The van der Waals surface area contributed by atoms with Gasteiger partial charge in [0.25, 0.3) is 0 Å². The molecule has 1 heterocycles. The Labute approximate surface area is 184 Å². The van der Waals surface area contributed by atoms with E-state index in [0.717, 1.165) is 19.6 Å². The van der Waals surface area contributed by atoms with Crippen molar-refractivity contribution in [3.63, 3.8) is 0 Å². The van der Waals surface area contributed by atoms with Gasteiger partial charge in [-0.3, -0.25) is 4.90 Å². The molecule has 10 heteroatoms. The Balaban J connectivity index is 1.59. The van der Waals surface area contributed by atoms with Crippen molar-refractivity contribution in [1.82, 2.24) is 14.7 Å². The predicted molar refractivity (Wildman–Crippen MR) is 108 cm³/mol. The molecule has 1 aliphatic heterocycles. The number of nitrogens with zero attached hydrogens (tertiary/aromatic N) is 3. The fourth-order valence-electron chi connectivity index (χ4n) is 4.55. The summed E-state index contributed by atoms with van der Waals surface area (Å²) in [7, 11) is 1.39. The standard InChI is InChI=1S/C22H29F6N3O/c1-29(14-17-11-18(21(23,24)25)13-19(12-17)22(26,27)28)20(32)31-9-7-30(8-10-31)15-16-5-3-2-4-6-16/h11-13,16H,2-10,14-15H2,1H3. The molecule has 2 fully saturated rings. The van der Waals surface area contributed by atoms with E-state index in [0.29, 0.717) is 31.1 Å². The number of benzene rings is 1. The van der Waals surface area contributed by atoms with Crippen molar-refractivity contribution in [3.8, 4) is 0 Å². The van der Waals surface area contributed by atoms with Crippen molar-refractivity contribution in [3.05, 3.63) is 34.9 Å². The zero-order chi connectivity index (χ0) is 23.5. The van der Waals surface area contributed by atoms with E-state index < -0.39 is 29.5 Å². The second-order valence-electron chi connectivity index (χ2n) is 8.84. The summed E-state index contributed by atoms with van der Waals surface area (Å²) in [6, 6.07) is 1.03. The van der Waals surface area contributed by atoms with Gasteiger partial charge in [-0.2, -0.15) is 26.3 Å². The van der Waals surface area contributed by atoms with Gasteiger partial charge in [-0.25, -0.2) is 4.79 Å². The number of hydrogen-bond donors (Lipinski definition) is 0. The Kier molecular flexibility index (Phi) is 7.62. The van der Waals surface area contributed by atoms with Crippen molar-refractivity contribution >= 4 is 6.03 Å². The van der Waals surface area contributed by atoms with E-state index in [1.54, 1.807) is 4.90 Å². The molecule has 0 aromatic heterocycles. The maximum atomic E-state index is 13.1. The summed E-state index contributed by atoms with van der Waals surface area (Å²) in [6.45, 7) is 3.10. The zero-order valence-corrected chi connectivity index (χ0v) is 18.1. The van der Waals surface area contributed by atoms with E-state index in [2.05, 4.69) is 4.90 Å². The molecule has 0 atom stereocenters. The normalized spacial score (nSPS) is 19.3. The molecule has 4 nitrogen and oxygen atoms in total. The average Bonchev–Trinajstić information content (AvgIpc) is 2.73. The Morgan fingerprint density at radius 2 is 1.44 bits per heavy atom. The van der Waals surface area contributed by atoms with Gasteiger partial charge in [0, 0.05) is 46.3 Å². The van der Waals surface area contributed by atoms with Crippen molar-refractivity contribution in [2.45, 2.75) is 51.0 Å². The second-order valence-corrected chi connectivity index (χ2v) is 8.84. The van der Waals surface area contributed by atoms with Crippen LogP contribution in [0.25, 0.3) is 0 Å². The summed E-state index contributed by atoms with van der Waals surface area (Å²) in [5.41, 5.74) is -2.96. The van der Waals surface area contributed by atoms with Gasteiger partial charge in [-0.05, 0) is 42.5 Å². The molecule has 0 unspecified atom stereocenters.